The van der Waals surface area contributed by atoms with Crippen molar-refractivity contribution in [3.63, 3.8) is 0 Å². The predicted molar refractivity (Wildman–Crippen MR) is 83.1 cm³/mol. The number of benzene rings is 1. The molecule has 1 aromatic carbocycles. The van der Waals surface area contributed by atoms with Crippen molar-refractivity contribution < 1.29 is 9.84 Å². The molecule has 0 aliphatic heterocycles. The lowest BCUT2D eigenvalue weighted by atomic mass is 10.2. The zero-order valence-corrected chi connectivity index (χ0v) is 12.7. The van der Waals surface area contributed by atoms with Crippen LogP contribution in [0.3, 0.4) is 0 Å². The van der Waals surface area contributed by atoms with E-state index in [1.54, 1.807) is 11.3 Å². The zero-order valence-electron chi connectivity index (χ0n) is 11.1. The summed E-state index contributed by atoms with van der Waals surface area (Å²) in [5, 5.41) is 15.7. The molecule has 0 aliphatic carbocycles. The van der Waals surface area contributed by atoms with Gasteiger partial charge in [-0.1, -0.05) is 35.9 Å². The SMILES string of the molecule is OC(CNCc1ccccc1Cl)COCc1cccs1. The largest absolute Gasteiger partial charge is 0.389 e. The molecule has 0 amide bonds. The Balaban J connectivity index is 1.60. The van der Waals surface area contributed by atoms with Crippen LogP contribution < -0.4 is 5.32 Å². The molecular weight excluding hydrogens is 294 g/mol. The second-order valence-electron chi connectivity index (χ2n) is 4.47. The molecule has 3 nitrogen and oxygen atoms in total. The van der Waals surface area contributed by atoms with Gasteiger partial charge in [-0.2, -0.15) is 0 Å². The van der Waals surface area contributed by atoms with Crippen LogP contribution in [0, 0.1) is 0 Å². The van der Waals surface area contributed by atoms with Gasteiger partial charge in [0.15, 0.2) is 0 Å². The van der Waals surface area contributed by atoms with Crippen molar-refractivity contribution in [1.29, 1.82) is 0 Å². The topological polar surface area (TPSA) is 41.5 Å². The molecule has 2 N–H and O–H groups in total. The minimum absolute atomic E-state index is 0.327. The highest BCUT2D eigenvalue weighted by atomic mass is 35.5. The number of rotatable bonds is 8. The van der Waals surface area contributed by atoms with Gasteiger partial charge in [0.1, 0.15) is 0 Å². The van der Waals surface area contributed by atoms with Gasteiger partial charge < -0.3 is 15.2 Å². The molecule has 0 fully saturated rings. The monoisotopic (exact) mass is 311 g/mol. The third-order valence-corrected chi connectivity index (χ3v) is 4.01. The van der Waals surface area contributed by atoms with E-state index in [4.69, 9.17) is 16.3 Å². The number of aliphatic hydroxyl groups is 1. The average molecular weight is 312 g/mol. The third kappa shape index (κ3) is 5.23. The molecule has 0 bridgehead atoms. The van der Waals surface area contributed by atoms with Crippen molar-refractivity contribution in [3.8, 4) is 0 Å². The van der Waals surface area contributed by atoms with Crippen LogP contribution in [0.4, 0.5) is 0 Å². The number of thiophene rings is 1. The van der Waals surface area contributed by atoms with E-state index in [2.05, 4.69) is 5.32 Å². The van der Waals surface area contributed by atoms with Gasteiger partial charge in [-0.15, -0.1) is 11.3 Å². The summed E-state index contributed by atoms with van der Waals surface area (Å²) < 4.78 is 5.46. The van der Waals surface area contributed by atoms with Gasteiger partial charge in [-0.3, -0.25) is 0 Å². The van der Waals surface area contributed by atoms with Crippen molar-refractivity contribution in [1.82, 2.24) is 5.32 Å². The first-order valence-corrected chi connectivity index (χ1v) is 7.74. The summed E-state index contributed by atoms with van der Waals surface area (Å²) in [5.74, 6) is 0. The van der Waals surface area contributed by atoms with E-state index < -0.39 is 6.10 Å². The quantitative estimate of drug-likeness (QED) is 0.787. The van der Waals surface area contributed by atoms with Crippen molar-refractivity contribution in [3.05, 3.63) is 57.2 Å². The number of hydrogen-bond acceptors (Lipinski definition) is 4. The minimum atomic E-state index is -0.516. The van der Waals surface area contributed by atoms with Gasteiger partial charge in [0, 0.05) is 23.0 Å². The second-order valence-corrected chi connectivity index (χ2v) is 5.91. The predicted octanol–water partition coefficient (Wildman–Crippen LogP) is 3.07. The van der Waals surface area contributed by atoms with E-state index >= 15 is 0 Å². The molecule has 1 atom stereocenters. The number of hydrogen-bond donors (Lipinski definition) is 2. The number of halogens is 1. The molecular formula is C15H18ClNO2S. The molecule has 0 saturated heterocycles. The van der Waals surface area contributed by atoms with Crippen LogP contribution in [0.25, 0.3) is 0 Å². The Bertz CT molecular complexity index is 504. The standard InChI is InChI=1S/C15H18ClNO2S/c16-15-6-2-1-4-12(15)8-17-9-13(18)10-19-11-14-5-3-7-20-14/h1-7,13,17-18H,8-11H2. The van der Waals surface area contributed by atoms with Gasteiger partial charge in [0.2, 0.25) is 0 Å². The first kappa shape index (κ1) is 15.5. The maximum Gasteiger partial charge on any atom is 0.0897 e. The minimum Gasteiger partial charge on any atom is -0.389 e. The highest BCUT2D eigenvalue weighted by Gasteiger charge is 2.05. The van der Waals surface area contributed by atoms with Crippen molar-refractivity contribution in [2.24, 2.45) is 0 Å². The molecule has 0 radical (unpaired) electrons. The maximum atomic E-state index is 9.81. The zero-order chi connectivity index (χ0) is 14.2. The maximum absolute atomic E-state index is 9.81. The summed E-state index contributed by atoms with van der Waals surface area (Å²) in [5.41, 5.74) is 1.03. The number of ether oxygens (including phenoxy) is 1. The smallest absolute Gasteiger partial charge is 0.0897 e. The van der Waals surface area contributed by atoms with E-state index in [1.807, 2.05) is 41.8 Å². The van der Waals surface area contributed by atoms with Gasteiger partial charge in [-0.05, 0) is 23.1 Å². The van der Waals surface area contributed by atoms with E-state index in [0.717, 1.165) is 10.6 Å². The fourth-order valence-corrected chi connectivity index (χ4v) is 2.61. The molecule has 0 aliphatic rings. The molecule has 0 saturated carbocycles. The Morgan fingerprint density at radius 1 is 1.25 bits per heavy atom. The number of aliphatic hydroxyl groups excluding tert-OH is 1. The van der Waals surface area contributed by atoms with Crippen LogP contribution in [0.5, 0.6) is 0 Å². The van der Waals surface area contributed by atoms with Crippen LogP contribution in [-0.2, 0) is 17.9 Å². The summed E-state index contributed by atoms with van der Waals surface area (Å²) in [4.78, 5) is 1.17. The lowest BCUT2D eigenvalue weighted by Gasteiger charge is -2.12. The highest BCUT2D eigenvalue weighted by Crippen LogP contribution is 2.14. The Hall–Kier alpha value is -0.910. The first-order chi connectivity index (χ1) is 9.75. The lowest BCUT2D eigenvalue weighted by molar-refractivity contribution is 0.0297. The Labute approximate surface area is 128 Å². The molecule has 1 unspecified atom stereocenters. The van der Waals surface area contributed by atoms with Gasteiger partial charge in [0.05, 0.1) is 19.3 Å². The molecule has 2 aromatic rings. The molecule has 1 aromatic heterocycles. The third-order valence-electron chi connectivity index (χ3n) is 2.79. The molecule has 20 heavy (non-hydrogen) atoms. The van der Waals surface area contributed by atoms with Crippen LogP contribution in [0.1, 0.15) is 10.4 Å². The van der Waals surface area contributed by atoms with Crippen molar-refractivity contribution in [2.45, 2.75) is 19.3 Å². The Morgan fingerprint density at radius 2 is 2.10 bits per heavy atom. The van der Waals surface area contributed by atoms with Gasteiger partial charge in [-0.25, -0.2) is 0 Å². The molecule has 1 heterocycles. The summed E-state index contributed by atoms with van der Waals surface area (Å²) in [6.45, 7) is 2.00. The summed E-state index contributed by atoms with van der Waals surface area (Å²) >= 11 is 7.71. The van der Waals surface area contributed by atoms with E-state index in [0.29, 0.717) is 26.3 Å². The summed E-state index contributed by atoms with van der Waals surface area (Å²) in [6.07, 6.45) is -0.516. The fraction of sp³-hybridized carbons (Fsp3) is 0.333. The van der Waals surface area contributed by atoms with Crippen molar-refractivity contribution >= 4 is 22.9 Å². The molecule has 5 heteroatoms. The van der Waals surface area contributed by atoms with Gasteiger partial charge in [0.25, 0.3) is 0 Å². The first-order valence-electron chi connectivity index (χ1n) is 6.48. The lowest BCUT2D eigenvalue weighted by Crippen LogP contribution is -2.30. The molecule has 2 rings (SSSR count). The highest BCUT2D eigenvalue weighted by molar-refractivity contribution is 7.09. The summed E-state index contributed by atoms with van der Waals surface area (Å²) in [7, 11) is 0. The van der Waals surface area contributed by atoms with Gasteiger partial charge >= 0.3 is 0 Å². The van der Waals surface area contributed by atoms with Crippen LogP contribution in [0.2, 0.25) is 5.02 Å². The van der Waals surface area contributed by atoms with Crippen molar-refractivity contribution in [2.75, 3.05) is 13.2 Å². The van der Waals surface area contributed by atoms with E-state index in [1.165, 1.54) is 4.88 Å². The molecule has 108 valence electrons. The fourth-order valence-electron chi connectivity index (χ4n) is 1.76. The molecule has 0 spiro atoms. The Morgan fingerprint density at radius 3 is 2.85 bits per heavy atom. The average Bonchev–Trinajstić information content (AvgIpc) is 2.94. The number of nitrogens with one attached hydrogen (secondary N) is 1. The Kier molecular flexibility index (Phi) is 6.50. The van der Waals surface area contributed by atoms with Crippen LogP contribution >= 0.6 is 22.9 Å². The summed E-state index contributed by atoms with van der Waals surface area (Å²) in [6, 6.07) is 11.7. The van der Waals surface area contributed by atoms with E-state index in [-0.39, 0.29) is 0 Å². The normalized spacial score (nSPS) is 12.5. The van der Waals surface area contributed by atoms with Crippen LogP contribution in [-0.4, -0.2) is 24.4 Å². The van der Waals surface area contributed by atoms with Crippen LogP contribution in [0.15, 0.2) is 41.8 Å². The second kappa shape index (κ2) is 8.39. The van der Waals surface area contributed by atoms with E-state index in [9.17, 15) is 5.11 Å².